The van der Waals surface area contributed by atoms with Crippen molar-refractivity contribution in [2.75, 3.05) is 0 Å². The highest BCUT2D eigenvalue weighted by atomic mass is 16.6. The average Bonchev–Trinajstić information content (AvgIpc) is 2.73. The van der Waals surface area contributed by atoms with Crippen molar-refractivity contribution in [3.63, 3.8) is 0 Å². The van der Waals surface area contributed by atoms with Crippen LogP contribution in [0, 0.1) is 17.3 Å². The molecule has 2 fully saturated rings. The lowest BCUT2D eigenvalue weighted by Gasteiger charge is -2.51. The van der Waals surface area contributed by atoms with E-state index in [0.717, 1.165) is 51.4 Å². The normalized spacial score (nSPS) is 26.9. The molecule has 0 aromatic carbocycles. The summed E-state index contributed by atoms with van der Waals surface area (Å²) in [6.45, 7) is 4.55. The standard InChI is InChI=1S/C25H46N2O4/c1-3-5-7-17-25(18-8-6-4-2,19-9-13-21(14-10-19)30-23(26)28)20-11-15-22(16-12-20)31-24(27)29/h19-22H,3-18H2,1-2H3,(H2,26,28)(H2,27,29). The molecular formula is C25H46N2O4. The molecule has 0 unspecified atom stereocenters. The number of nitrogens with two attached hydrogens (primary N) is 2. The van der Waals surface area contributed by atoms with Crippen molar-refractivity contribution in [1.82, 2.24) is 0 Å². The van der Waals surface area contributed by atoms with Crippen LogP contribution in [0.15, 0.2) is 0 Å². The smallest absolute Gasteiger partial charge is 0.404 e. The van der Waals surface area contributed by atoms with Crippen LogP contribution in [0.1, 0.15) is 117 Å². The number of primary amides is 2. The fraction of sp³-hybridized carbons (Fsp3) is 0.920. The van der Waals surface area contributed by atoms with Gasteiger partial charge in [0.15, 0.2) is 0 Å². The number of unbranched alkanes of at least 4 members (excludes halogenated alkanes) is 4. The molecule has 0 aromatic heterocycles. The van der Waals surface area contributed by atoms with Crippen molar-refractivity contribution < 1.29 is 19.1 Å². The Balaban J connectivity index is 2.15. The quantitative estimate of drug-likeness (QED) is 0.342. The highest BCUT2D eigenvalue weighted by Gasteiger charge is 2.46. The Labute approximate surface area is 189 Å². The monoisotopic (exact) mass is 438 g/mol. The molecule has 2 amide bonds. The predicted molar refractivity (Wildman–Crippen MR) is 124 cm³/mol. The minimum atomic E-state index is -0.645. The van der Waals surface area contributed by atoms with E-state index in [1.54, 1.807) is 0 Å². The van der Waals surface area contributed by atoms with Gasteiger partial charge < -0.3 is 20.9 Å². The Bertz CT molecular complexity index is 490. The number of carbonyl (C=O) groups is 2. The molecule has 2 aliphatic rings. The van der Waals surface area contributed by atoms with Crippen LogP contribution < -0.4 is 11.5 Å². The van der Waals surface area contributed by atoms with Gasteiger partial charge in [0.25, 0.3) is 0 Å². The van der Waals surface area contributed by atoms with Crippen LogP contribution in [0.4, 0.5) is 9.59 Å². The molecule has 0 atom stereocenters. The van der Waals surface area contributed by atoms with Gasteiger partial charge in [0, 0.05) is 0 Å². The third kappa shape index (κ3) is 7.87. The number of ether oxygens (including phenoxy) is 2. The molecule has 2 aliphatic carbocycles. The van der Waals surface area contributed by atoms with Crippen molar-refractivity contribution in [3.8, 4) is 0 Å². The second kappa shape index (κ2) is 13.2. The first-order valence-corrected chi connectivity index (χ1v) is 12.8. The molecule has 0 aliphatic heterocycles. The second-order valence-corrected chi connectivity index (χ2v) is 9.97. The van der Waals surface area contributed by atoms with Crippen molar-refractivity contribution >= 4 is 12.2 Å². The summed E-state index contributed by atoms with van der Waals surface area (Å²) in [5, 5.41) is 0. The number of hydrogen-bond acceptors (Lipinski definition) is 4. The summed E-state index contributed by atoms with van der Waals surface area (Å²) in [5.74, 6) is 1.35. The lowest BCUT2D eigenvalue weighted by atomic mass is 9.54. The van der Waals surface area contributed by atoms with Gasteiger partial charge in [-0.1, -0.05) is 52.4 Å². The topological polar surface area (TPSA) is 105 Å². The van der Waals surface area contributed by atoms with Crippen molar-refractivity contribution in [2.24, 2.45) is 28.7 Å². The van der Waals surface area contributed by atoms with E-state index in [0.29, 0.717) is 17.3 Å². The van der Waals surface area contributed by atoms with E-state index in [2.05, 4.69) is 13.8 Å². The van der Waals surface area contributed by atoms with Gasteiger partial charge in [-0.25, -0.2) is 9.59 Å². The SMILES string of the molecule is CCCCCC(CCCCC)(C1CCC(OC(N)=O)CC1)C1CCC(OC(N)=O)CC1. The molecule has 180 valence electrons. The average molecular weight is 439 g/mol. The molecule has 0 aromatic rings. The first-order chi connectivity index (χ1) is 14.9. The van der Waals surface area contributed by atoms with Gasteiger partial charge in [0.2, 0.25) is 0 Å². The summed E-state index contributed by atoms with van der Waals surface area (Å²) in [6.07, 6.45) is 17.1. The van der Waals surface area contributed by atoms with Crippen molar-refractivity contribution in [2.45, 2.75) is 129 Å². The van der Waals surface area contributed by atoms with Crippen LogP contribution in [-0.4, -0.2) is 24.4 Å². The second-order valence-electron chi connectivity index (χ2n) is 9.97. The maximum absolute atomic E-state index is 11.2. The molecule has 4 N–H and O–H groups in total. The fourth-order valence-corrected chi connectivity index (χ4v) is 6.52. The molecular weight excluding hydrogens is 392 g/mol. The Hall–Kier alpha value is -1.46. The lowest BCUT2D eigenvalue weighted by molar-refractivity contribution is -0.0378. The third-order valence-electron chi connectivity index (χ3n) is 8.03. The Kier molecular flexibility index (Phi) is 11.0. The van der Waals surface area contributed by atoms with E-state index in [1.807, 2.05) is 0 Å². The minimum Gasteiger partial charge on any atom is -0.446 e. The van der Waals surface area contributed by atoms with Gasteiger partial charge in [0.05, 0.1) is 0 Å². The molecule has 0 heterocycles. The van der Waals surface area contributed by atoms with Gasteiger partial charge in [-0.2, -0.15) is 0 Å². The molecule has 0 bridgehead atoms. The van der Waals surface area contributed by atoms with Crippen LogP contribution in [0.25, 0.3) is 0 Å². The summed E-state index contributed by atoms with van der Waals surface area (Å²) in [7, 11) is 0. The maximum Gasteiger partial charge on any atom is 0.404 e. The Morgan fingerprint density at radius 3 is 1.32 bits per heavy atom. The van der Waals surface area contributed by atoms with Crippen molar-refractivity contribution in [3.05, 3.63) is 0 Å². The predicted octanol–water partition coefficient (Wildman–Crippen LogP) is 6.44. The summed E-state index contributed by atoms with van der Waals surface area (Å²) < 4.78 is 10.6. The Morgan fingerprint density at radius 2 is 1.03 bits per heavy atom. The zero-order valence-corrected chi connectivity index (χ0v) is 19.9. The summed E-state index contributed by atoms with van der Waals surface area (Å²) in [6, 6.07) is 0. The summed E-state index contributed by atoms with van der Waals surface area (Å²) in [4.78, 5) is 22.4. The number of hydrogen-bond donors (Lipinski definition) is 2. The van der Waals surface area contributed by atoms with E-state index >= 15 is 0 Å². The summed E-state index contributed by atoms with van der Waals surface area (Å²) in [5.41, 5.74) is 10.9. The molecule has 0 saturated heterocycles. The van der Waals surface area contributed by atoms with Gasteiger partial charge in [0.1, 0.15) is 12.2 Å². The van der Waals surface area contributed by atoms with E-state index < -0.39 is 12.2 Å². The molecule has 6 heteroatoms. The third-order valence-corrected chi connectivity index (χ3v) is 8.03. The number of amides is 2. The molecule has 0 spiro atoms. The van der Waals surface area contributed by atoms with Gasteiger partial charge in [-0.05, 0) is 81.5 Å². The van der Waals surface area contributed by atoms with Crippen LogP contribution in [0.3, 0.4) is 0 Å². The zero-order valence-electron chi connectivity index (χ0n) is 19.9. The highest BCUT2D eigenvalue weighted by Crippen LogP contribution is 2.55. The zero-order chi connectivity index (χ0) is 22.7. The van der Waals surface area contributed by atoms with E-state index in [1.165, 1.54) is 51.4 Å². The largest absolute Gasteiger partial charge is 0.446 e. The van der Waals surface area contributed by atoms with Crippen LogP contribution in [-0.2, 0) is 9.47 Å². The molecule has 2 saturated carbocycles. The lowest BCUT2D eigenvalue weighted by Crippen LogP contribution is -2.44. The van der Waals surface area contributed by atoms with Crippen LogP contribution in [0.2, 0.25) is 0 Å². The Morgan fingerprint density at radius 1 is 0.677 bits per heavy atom. The van der Waals surface area contributed by atoms with Gasteiger partial charge >= 0.3 is 12.2 Å². The first-order valence-electron chi connectivity index (χ1n) is 12.8. The van der Waals surface area contributed by atoms with Crippen LogP contribution in [0.5, 0.6) is 0 Å². The molecule has 31 heavy (non-hydrogen) atoms. The molecule has 2 rings (SSSR count). The van der Waals surface area contributed by atoms with Crippen LogP contribution >= 0.6 is 0 Å². The molecule has 0 radical (unpaired) electrons. The summed E-state index contributed by atoms with van der Waals surface area (Å²) >= 11 is 0. The number of rotatable bonds is 12. The van der Waals surface area contributed by atoms with Gasteiger partial charge in [-0.15, -0.1) is 0 Å². The highest BCUT2D eigenvalue weighted by molar-refractivity contribution is 5.65. The van der Waals surface area contributed by atoms with E-state index in [-0.39, 0.29) is 12.2 Å². The first kappa shape index (κ1) is 25.8. The number of carbonyl (C=O) groups excluding carboxylic acids is 2. The van der Waals surface area contributed by atoms with Crippen molar-refractivity contribution in [1.29, 1.82) is 0 Å². The van der Waals surface area contributed by atoms with Gasteiger partial charge in [-0.3, -0.25) is 0 Å². The van der Waals surface area contributed by atoms with E-state index in [4.69, 9.17) is 20.9 Å². The van der Waals surface area contributed by atoms with E-state index in [9.17, 15) is 9.59 Å². The molecule has 6 nitrogen and oxygen atoms in total. The minimum absolute atomic E-state index is 0.0163. The fourth-order valence-electron chi connectivity index (χ4n) is 6.52. The maximum atomic E-state index is 11.2.